The van der Waals surface area contributed by atoms with Crippen LogP contribution in [0.2, 0.25) is 0 Å². The van der Waals surface area contributed by atoms with Crippen molar-refractivity contribution < 1.29 is 4.79 Å². The molecule has 0 atom stereocenters. The lowest BCUT2D eigenvalue weighted by Crippen LogP contribution is -2.49. The monoisotopic (exact) mass is 394 g/mol. The summed E-state index contributed by atoms with van der Waals surface area (Å²) in [7, 11) is 0. The van der Waals surface area contributed by atoms with Crippen LogP contribution in [0.4, 0.5) is 0 Å². The van der Waals surface area contributed by atoms with Crippen LogP contribution in [0.25, 0.3) is 11.3 Å². The molecule has 2 aromatic rings. The minimum atomic E-state index is -0.149. The number of aryl methyl sites for hydroxylation is 1. The van der Waals surface area contributed by atoms with Crippen LogP contribution in [-0.4, -0.2) is 10.5 Å². The Balaban J connectivity index is 1.57. The number of benzene rings is 1. The number of rotatable bonds is 4. The average molecular weight is 395 g/mol. The Morgan fingerprint density at radius 1 is 1.07 bits per heavy atom. The fraction of sp³-hybridized carbons (Fsp3) is 0.583. The summed E-state index contributed by atoms with van der Waals surface area (Å²) >= 11 is 1.71. The van der Waals surface area contributed by atoms with Gasteiger partial charge in [0.25, 0.3) is 5.91 Å². The van der Waals surface area contributed by atoms with Crippen molar-refractivity contribution in [2.75, 3.05) is 0 Å². The number of thiazole rings is 1. The molecule has 3 nitrogen and oxygen atoms in total. The molecule has 4 bridgehead atoms. The summed E-state index contributed by atoms with van der Waals surface area (Å²) in [6.07, 6.45) is 8.31. The normalized spacial score (nSPS) is 31.5. The number of nitrogens with zero attached hydrogens (tertiary/aromatic N) is 2. The van der Waals surface area contributed by atoms with E-state index in [2.05, 4.69) is 48.7 Å². The number of carbonyl (C=O) groups is 1. The molecule has 0 aliphatic heterocycles. The van der Waals surface area contributed by atoms with E-state index in [1.807, 2.05) is 0 Å². The number of aromatic nitrogens is 1. The van der Waals surface area contributed by atoms with Crippen molar-refractivity contribution >= 4 is 17.2 Å². The Labute approximate surface area is 171 Å². The molecule has 0 spiro atoms. The zero-order valence-corrected chi connectivity index (χ0v) is 17.8. The van der Waals surface area contributed by atoms with E-state index >= 15 is 0 Å². The van der Waals surface area contributed by atoms with Crippen LogP contribution in [0.3, 0.4) is 0 Å². The van der Waals surface area contributed by atoms with E-state index in [1.54, 1.807) is 11.3 Å². The Hall–Kier alpha value is -1.68. The first kappa shape index (κ1) is 18.4. The van der Waals surface area contributed by atoms with Gasteiger partial charge in [-0.3, -0.25) is 4.79 Å². The summed E-state index contributed by atoms with van der Waals surface area (Å²) in [5.41, 5.74) is 2.32. The lowest BCUT2D eigenvalue weighted by atomic mass is 9.49. The van der Waals surface area contributed by atoms with Gasteiger partial charge in [0.05, 0.1) is 11.1 Å². The Morgan fingerprint density at radius 3 is 2.21 bits per heavy atom. The molecule has 148 valence electrons. The summed E-state index contributed by atoms with van der Waals surface area (Å²) in [6.45, 7) is 5.20. The van der Waals surface area contributed by atoms with Crippen molar-refractivity contribution in [3.8, 4) is 11.3 Å². The third kappa shape index (κ3) is 2.92. The van der Waals surface area contributed by atoms with Crippen LogP contribution in [0.1, 0.15) is 57.2 Å². The topological polar surface area (TPSA) is 34.4 Å². The first-order chi connectivity index (χ1) is 13.6. The van der Waals surface area contributed by atoms with Crippen molar-refractivity contribution in [1.82, 2.24) is 4.57 Å². The molecule has 0 saturated heterocycles. The molecule has 4 saturated carbocycles. The van der Waals surface area contributed by atoms with E-state index in [4.69, 9.17) is 4.99 Å². The van der Waals surface area contributed by atoms with E-state index in [0.29, 0.717) is 0 Å². The Kier molecular flexibility index (Phi) is 4.58. The van der Waals surface area contributed by atoms with Gasteiger partial charge in [0.1, 0.15) is 0 Å². The van der Waals surface area contributed by atoms with Crippen molar-refractivity contribution in [1.29, 1.82) is 0 Å². The maximum Gasteiger partial charge on any atom is 0.254 e. The number of hydrogen-bond acceptors (Lipinski definition) is 2. The van der Waals surface area contributed by atoms with Gasteiger partial charge in [-0.25, -0.2) is 0 Å². The summed E-state index contributed by atoms with van der Waals surface area (Å²) in [5, 5.41) is 0. The number of carbonyl (C=O) groups excluding carboxylic acids is 1. The van der Waals surface area contributed by atoms with Gasteiger partial charge >= 0.3 is 0 Å². The van der Waals surface area contributed by atoms with Gasteiger partial charge < -0.3 is 4.57 Å². The van der Waals surface area contributed by atoms with Gasteiger partial charge in [-0.15, -0.1) is 11.3 Å². The molecule has 4 aliphatic rings. The third-order valence-corrected chi connectivity index (χ3v) is 8.58. The molecular formula is C24H30N2OS. The summed E-state index contributed by atoms with van der Waals surface area (Å²) < 4.78 is 2.26. The molecule has 0 N–H and O–H groups in total. The molecule has 4 fully saturated rings. The zero-order chi connectivity index (χ0) is 19.3. The highest BCUT2D eigenvalue weighted by Gasteiger charge is 2.54. The van der Waals surface area contributed by atoms with Gasteiger partial charge in [0.2, 0.25) is 0 Å². The first-order valence-electron chi connectivity index (χ1n) is 11.0. The molecular weight excluding hydrogens is 364 g/mol. The summed E-state index contributed by atoms with van der Waals surface area (Å²) in [4.78, 5) is 20.5. The lowest BCUT2D eigenvalue weighted by Gasteiger charge is -2.55. The Bertz CT molecular complexity index is 917. The smallest absolute Gasteiger partial charge is 0.254 e. The van der Waals surface area contributed by atoms with Crippen molar-refractivity contribution in [2.45, 2.75) is 65.3 Å². The van der Waals surface area contributed by atoms with Crippen LogP contribution in [0.15, 0.2) is 35.3 Å². The quantitative estimate of drug-likeness (QED) is 0.680. The summed E-state index contributed by atoms with van der Waals surface area (Å²) in [6, 6.07) is 10.6. The number of amides is 1. The van der Waals surface area contributed by atoms with E-state index in [1.165, 1.54) is 35.4 Å². The molecule has 4 aliphatic carbocycles. The predicted molar refractivity (Wildman–Crippen MR) is 114 cm³/mol. The SMILES string of the molecule is CCc1sc(=NC(=O)C23CC4CC(CC(C4)C2)C3)n(CC)c1-c1ccccc1. The molecule has 4 heteroatoms. The molecule has 1 amide bonds. The van der Waals surface area contributed by atoms with Gasteiger partial charge in [-0.2, -0.15) is 4.99 Å². The molecule has 1 aromatic heterocycles. The molecule has 6 rings (SSSR count). The van der Waals surface area contributed by atoms with Crippen LogP contribution < -0.4 is 4.80 Å². The minimum Gasteiger partial charge on any atom is -0.316 e. The average Bonchev–Trinajstić information content (AvgIpc) is 3.05. The highest BCUT2D eigenvalue weighted by Crippen LogP contribution is 2.60. The third-order valence-electron chi connectivity index (χ3n) is 7.35. The second-order valence-corrected chi connectivity index (χ2v) is 10.3. The predicted octanol–water partition coefficient (Wildman–Crippen LogP) is 5.44. The standard InChI is InChI=1S/C24H30N2OS/c1-3-20-21(19-8-6-5-7-9-19)26(4-2)23(28-20)25-22(27)24-13-16-10-17(14-24)12-18(11-16)15-24/h5-9,16-18H,3-4,10-15H2,1-2H3. The van der Waals surface area contributed by atoms with Gasteiger partial charge in [0.15, 0.2) is 4.80 Å². The second kappa shape index (κ2) is 6.98. The number of hydrogen-bond donors (Lipinski definition) is 0. The molecule has 0 unspecified atom stereocenters. The van der Waals surface area contributed by atoms with Crippen LogP contribution in [-0.2, 0) is 17.8 Å². The van der Waals surface area contributed by atoms with E-state index in [0.717, 1.165) is 54.8 Å². The van der Waals surface area contributed by atoms with E-state index in [9.17, 15) is 4.79 Å². The van der Waals surface area contributed by atoms with Crippen molar-refractivity contribution in [3.63, 3.8) is 0 Å². The fourth-order valence-electron chi connectivity index (χ4n) is 6.57. The maximum atomic E-state index is 13.5. The largest absolute Gasteiger partial charge is 0.316 e. The molecule has 1 aromatic carbocycles. The van der Waals surface area contributed by atoms with E-state index in [-0.39, 0.29) is 11.3 Å². The fourth-order valence-corrected chi connectivity index (χ4v) is 7.72. The van der Waals surface area contributed by atoms with Gasteiger partial charge in [0, 0.05) is 11.4 Å². The van der Waals surface area contributed by atoms with Crippen molar-refractivity contribution in [3.05, 3.63) is 40.0 Å². The van der Waals surface area contributed by atoms with Gasteiger partial charge in [-0.05, 0) is 75.2 Å². The van der Waals surface area contributed by atoms with Crippen LogP contribution in [0, 0.1) is 23.2 Å². The second-order valence-electron chi connectivity index (χ2n) is 9.24. The molecule has 0 radical (unpaired) electrons. The Morgan fingerprint density at radius 2 is 1.68 bits per heavy atom. The van der Waals surface area contributed by atoms with Crippen molar-refractivity contribution in [2.24, 2.45) is 28.2 Å². The molecule has 1 heterocycles. The van der Waals surface area contributed by atoms with Crippen LogP contribution in [0.5, 0.6) is 0 Å². The molecule has 28 heavy (non-hydrogen) atoms. The van der Waals surface area contributed by atoms with Crippen LogP contribution >= 0.6 is 11.3 Å². The first-order valence-corrected chi connectivity index (χ1v) is 11.8. The lowest BCUT2D eigenvalue weighted by molar-refractivity contribution is -0.142. The highest BCUT2D eigenvalue weighted by atomic mass is 32.1. The van der Waals surface area contributed by atoms with E-state index < -0.39 is 0 Å². The highest BCUT2D eigenvalue weighted by molar-refractivity contribution is 7.09. The minimum absolute atomic E-state index is 0.149. The maximum absolute atomic E-state index is 13.5. The van der Waals surface area contributed by atoms with Gasteiger partial charge in [-0.1, -0.05) is 37.3 Å². The summed E-state index contributed by atoms with van der Waals surface area (Å²) in [5.74, 6) is 2.51. The zero-order valence-electron chi connectivity index (χ0n) is 17.0.